The lowest BCUT2D eigenvalue weighted by molar-refractivity contribution is -0.686. The molecule has 4 heteroatoms. The summed E-state index contributed by atoms with van der Waals surface area (Å²) in [6.45, 7) is 5.85. The first-order chi connectivity index (χ1) is 6.47. The zero-order valence-corrected chi connectivity index (χ0v) is 10.8. The van der Waals surface area contributed by atoms with E-state index in [1.54, 1.807) is 4.57 Å². The van der Waals surface area contributed by atoms with Crippen LogP contribution in [0.15, 0.2) is 30.6 Å². The maximum Gasteiger partial charge on any atom is 0.373 e. The summed E-state index contributed by atoms with van der Waals surface area (Å²) < 4.78 is 6.97. The number of esters is 1. The number of hydrogen-bond donors (Lipinski definition) is 0. The lowest BCUT2D eigenvalue weighted by atomic mass is 10.2. The fourth-order valence-electron chi connectivity index (χ4n) is 1.06. The predicted octanol–water partition coefficient (Wildman–Crippen LogP) is -1.68. The van der Waals surface area contributed by atoms with E-state index < -0.39 is 5.60 Å². The molecule has 0 radical (unpaired) electrons. The molecule has 0 aliphatic rings. The normalized spacial score (nSPS) is 10.3. The lowest BCUT2D eigenvalue weighted by Crippen LogP contribution is -3.00. The predicted molar refractivity (Wildman–Crippen MR) is 52.5 cm³/mol. The maximum absolute atomic E-state index is 11.4. The van der Waals surface area contributed by atoms with E-state index >= 15 is 0 Å². The van der Waals surface area contributed by atoms with Crippen LogP contribution in [0.4, 0.5) is 0 Å². The molecule has 1 rings (SSSR count). The average Bonchev–Trinajstić information content (AvgIpc) is 2.02. The fraction of sp³-hybridized carbons (Fsp3) is 0.455. The van der Waals surface area contributed by atoms with Gasteiger partial charge in [0.2, 0.25) is 6.54 Å². The van der Waals surface area contributed by atoms with Crippen molar-refractivity contribution in [3.63, 3.8) is 0 Å². The van der Waals surface area contributed by atoms with Crippen molar-refractivity contribution in [3.8, 4) is 0 Å². The Morgan fingerprint density at radius 3 is 2.20 bits per heavy atom. The smallest absolute Gasteiger partial charge is 0.373 e. The van der Waals surface area contributed by atoms with Gasteiger partial charge < -0.3 is 21.7 Å². The van der Waals surface area contributed by atoms with E-state index in [-0.39, 0.29) is 29.5 Å². The molecule has 0 aliphatic heterocycles. The molecule has 0 spiro atoms. The summed E-state index contributed by atoms with van der Waals surface area (Å²) in [5, 5.41) is 0. The molecule has 15 heavy (non-hydrogen) atoms. The number of carbonyl (C=O) groups is 1. The molecule has 1 aromatic heterocycles. The van der Waals surface area contributed by atoms with Crippen molar-refractivity contribution >= 4 is 5.97 Å². The van der Waals surface area contributed by atoms with E-state index in [0.29, 0.717) is 0 Å². The molecule has 1 heterocycles. The Morgan fingerprint density at radius 2 is 1.73 bits per heavy atom. The Morgan fingerprint density at radius 1 is 1.20 bits per heavy atom. The minimum absolute atomic E-state index is 0. The molecule has 0 aromatic carbocycles. The van der Waals surface area contributed by atoms with Gasteiger partial charge in [0.1, 0.15) is 5.60 Å². The summed E-state index contributed by atoms with van der Waals surface area (Å²) in [6, 6.07) is 5.67. The second kappa shape index (κ2) is 5.85. The Bertz CT molecular complexity index is 306. The molecular weight excluding hydrogens is 258 g/mol. The minimum atomic E-state index is -0.410. The van der Waals surface area contributed by atoms with Crippen molar-refractivity contribution < 1.29 is 31.1 Å². The summed E-state index contributed by atoms with van der Waals surface area (Å²) in [4.78, 5) is 11.4. The van der Waals surface area contributed by atoms with Gasteiger partial charge in [0.15, 0.2) is 12.4 Å². The average molecular weight is 274 g/mol. The molecule has 0 atom stereocenters. The van der Waals surface area contributed by atoms with Gasteiger partial charge >= 0.3 is 5.97 Å². The summed E-state index contributed by atoms with van der Waals surface area (Å²) in [5.41, 5.74) is -0.410. The first-order valence-corrected chi connectivity index (χ1v) is 4.63. The highest BCUT2D eigenvalue weighted by Gasteiger charge is 2.18. The number of pyridine rings is 1. The third-order valence-corrected chi connectivity index (χ3v) is 1.51. The third-order valence-electron chi connectivity index (χ3n) is 1.51. The minimum Gasteiger partial charge on any atom is -1.00 e. The van der Waals surface area contributed by atoms with Gasteiger partial charge in [-0.15, -0.1) is 0 Å². The molecule has 0 saturated heterocycles. The summed E-state index contributed by atoms with van der Waals surface area (Å²) >= 11 is 0. The highest BCUT2D eigenvalue weighted by Crippen LogP contribution is 2.06. The van der Waals surface area contributed by atoms with Crippen LogP contribution in [0, 0.1) is 0 Å². The Balaban J connectivity index is 0.00000196. The molecule has 0 amide bonds. The van der Waals surface area contributed by atoms with Gasteiger partial charge in [0.25, 0.3) is 0 Å². The fourth-order valence-corrected chi connectivity index (χ4v) is 1.06. The number of hydrogen-bond acceptors (Lipinski definition) is 2. The third kappa shape index (κ3) is 6.23. The van der Waals surface area contributed by atoms with Gasteiger partial charge in [0, 0.05) is 12.1 Å². The number of nitrogens with zero attached hydrogens (tertiary/aromatic N) is 1. The monoisotopic (exact) mass is 273 g/mol. The SMILES string of the molecule is CC(C)(C)OC(=O)C[n+]1ccccc1.[Br-]. The van der Waals surface area contributed by atoms with Crippen molar-refractivity contribution in [1.82, 2.24) is 0 Å². The van der Waals surface area contributed by atoms with E-state index in [1.165, 1.54) is 0 Å². The summed E-state index contributed by atoms with van der Waals surface area (Å²) in [7, 11) is 0. The number of aromatic nitrogens is 1. The summed E-state index contributed by atoms with van der Waals surface area (Å²) in [5.74, 6) is -0.214. The Labute approximate surface area is 101 Å². The van der Waals surface area contributed by atoms with Crippen LogP contribution in [-0.4, -0.2) is 11.6 Å². The highest BCUT2D eigenvalue weighted by molar-refractivity contribution is 5.68. The second-order valence-corrected chi connectivity index (χ2v) is 4.13. The largest absolute Gasteiger partial charge is 1.00 e. The van der Waals surface area contributed by atoms with E-state index in [0.717, 1.165) is 0 Å². The van der Waals surface area contributed by atoms with Crippen LogP contribution in [-0.2, 0) is 16.1 Å². The second-order valence-electron chi connectivity index (χ2n) is 4.13. The van der Waals surface area contributed by atoms with Gasteiger partial charge in [-0.1, -0.05) is 6.07 Å². The highest BCUT2D eigenvalue weighted by atomic mass is 79.9. The number of ether oxygens (including phenoxy) is 1. The molecule has 0 aliphatic carbocycles. The number of halogens is 1. The van der Waals surface area contributed by atoms with E-state index in [2.05, 4.69) is 0 Å². The van der Waals surface area contributed by atoms with Crippen LogP contribution in [0.2, 0.25) is 0 Å². The maximum atomic E-state index is 11.4. The first-order valence-electron chi connectivity index (χ1n) is 4.63. The van der Waals surface area contributed by atoms with Crippen LogP contribution < -0.4 is 21.5 Å². The van der Waals surface area contributed by atoms with Crippen molar-refractivity contribution in [3.05, 3.63) is 30.6 Å². The van der Waals surface area contributed by atoms with Crippen LogP contribution >= 0.6 is 0 Å². The molecule has 3 nitrogen and oxygen atoms in total. The Kier molecular flexibility index (Phi) is 5.50. The molecular formula is C11H16BrNO2. The van der Waals surface area contributed by atoms with Crippen LogP contribution in [0.3, 0.4) is 0 Å². The molecule has 84 valence electrons. The number of carbonyl (C=O) groups excluding carboxylic acids is 1. The van der Waals surface area contributed by atoms with E-state index in [9.17, 15) is 4.79 Å². The summed E-state index contributed by atoms with van der Waals surface area (Å²) in [6.07, 6.45) is 3.67. The van der Waals surface area contributed by atoms with Gasteiger partial charge in [0.05, 0.1) is 0 Å². The van der Waals surface area contributed by atoms with Crippen LogP contribution in [0.25, 0.3) is 0 Å². The lowest BCUT2D eigenvalue weighted by Gasteiger charge is -2.18. The Hall–Kier alpha value is -0.900. The topological polar surface area (TPSA) is 30.2 Å². The molecule has 0 bridgehead atoms. The zero-order chi connectivity index (χ0) is 10.6. The molecule has 0 saturated carbocycles. The van der Waals surface area contributed by atoms with Gasteiger partial charge in [-0.2, -0.15) is 4.57 Å². The molecule has 0 fully saturated rings. The molecule has 1 aromatic rings. The van der Waals surface area contributed by atoms with E-state index in [4.69, 9.17) is 4.74 Å². The van der Waals surface area contributed by atoms with Gasteiger partial charge in [-0.3, -0.25) is 0 Å². The first kappa shape index (κ1) is 14.1. The van der Waals surface area contributed by atoms with Crippen molar-refractivity contribution in [1.29, 1.82) is 0 Å². The van der Waals surface area contributed by atoms with Crippen LogP contribution in [0.1, 0.15) is 20.8 Å². The van der Waals surface area contributed by atoms with Gasteiger partial charge in [-0.05, 0) is 20.8 Å². The molecule has 0 N–H and O–H groups in total. The van der Waals surface area contributed by atoms with Crippen molar-refractivity contribution in [2.24, 2.45) is 0 Å². The zero-order valence-electron chi connectivity index (χ0n) is 9.24. The van der Waals surface area contributed by atoms with Gasteiger partial charge in [-0.25, -0.2) is 4.79 Å². The van der Waals surface area contributed by atoms with E-state index in [1.807, 2.05) is 51.4 Å². The standard InChI is InChI=1S/C11H16NO2.BrH/c1-11(2,3)14-10(13)9-12-7-5-4-6-8-12;/h4-8H,9H2,1-3H3;1H/q+1;/p-1. The van der Waals surface area contributed by atoms with Crippen molar-refractivity contribution in [2.75, 3.05) is 0 Å². The molecule has 0 unspecified atom stereocenters. The number of rotatable bonds is 2. The quantitative estimate of drug-likeness (QED) is 0.476. The van der Waals surface area contributed by atoms with Crippen molar-refractivity contribution in [2.45, 2.75) is 32.9 Å². The van der Waals surface area contributed by atoms with Crippen LogP contribution in [0.5, 0.6) is 0 Å².